The van der Waals surface area contributed by atoms with Crippen LogP contribution in [0.4, 0.5) is 0 Å². The van der Waals surface area contributed by atoms with Gasteiger partial charge in [0.15, 0.2) is 0 Å². The molecule has 2 unspecified atom stereocenters. The first kappa shape index (κ1) is 12.4. The molecule has 4 nitrogen and oxygen atoms in total. The van der Waals surface area contributed by atoms with Crippen LogP contribution in [0.2, 0.25) is 0 Å². The van der Waals surface area contributed by atoms with Gasteiger partial charge in [-0.25, -0.2) is 4.98 Å². The molecule has 2 atom stereocenters. The number of rotatable bonds is 1. The first-order chi connectivity index (χ1) is 6.18. The molecule has 0 saturated heterocycles. The number of imidazole rings is 1. The Bertz CT molecular complexity index is 353. The van der Waals surface area contributed by atoms with Crippen molar-refractivity contribution in [2.45, 2.75) is 37.3 Å². The number of hydrogen-bond donors (Lipinski definition) is 0. The van der Waals surface area contributed by atoms with Crippen molar-refractivity contribution in [2.24, 2.45) is 0 Å². The fourth-order valence-electron chi connectivity index (χ4n) is 1.75. The van der Waals surface area contributed by atoms with Gasteiger partial charge in [-0.1, -0.05) is 0 Å². The van der Waals surface area contributed by atoms with Crippen LogP contribution in [0.5, 0.6) is 0 Å². The van der Waals surface area contributed by atoms with Crippen LogP contribution in [0, 0.1) is 0 Å². The zero-order valence-corrected chi connectivity index (χ0v) is 11.2. The minimum atomic E-state index is -2.19. The Morgan fingerprint density at radius 3 is 3.00 bits per heavy atom. The monoisotopic (exact) mass is 222 g/mol. The third-order valence-electron chi connectivity index (χ3n) is 2.45. The second-order valence-electron chi connectivity index (χ2n) is 3.38. The molecule has 14 heavy (non-hydrogen) atoms. The summed E-state index contributed by atoms with van der Waals surface area (Å²) in [6.07, 6.45) is 4.72. The average molecular weight is 222 g/mol. The van der Waals surface area contributed by atoms with Crippen molar-refractivity contribution < 1.29 is 38.3 Å². The quantitative estimate of drug-likeness (QED) is 0.409. The average Bonchev–Trinajstić information content (AvgIpc) is 2.49. The molecule has 0 bridgehead atoms. The van der Waals surface area contributed by atoms with E-state index in [0.29, 0.717) is 6.04 Å². The van der Waals surface area contributed by atoms with Crippen molar-refractivity contribution in [1.29, 1.82) is 0 Å². The van der Waals surface area contributed by atoms with Gasteiger partial charge in [-0.3, -0.25) is 4.21 Å². The zero-order valence-electron chi connectivity index (χ0n) is 8.40. The van der Waals surface area contributed by atoms with Gasteiger partial charge in [0, 0.05) is 18.7 Å². The summed E-state index contributed by atoms with van der Waals surface area (Å²) in [4.78, 5) is 4.05. The number of aromatic nitrogens is 2. The normalized spacial score (nSPS) is 22.3. The third kappa shape index (κ3) is 2.28. The summed E-state index contributed by atoms with van der Waals surface area (Å²) in [7, 11) is 0. The molecule has 0 amide bonds. The topological polar surface area (TPSA) is 57.9 Å². The van der Waals surface area contributed by atoms with E-state index in [2.05, 4.69) is 11.9 Å². The molecule has 1 aromatic heterocycles. The van der Waals surface area contributed by atoms with E-state index in [4.69, 9.17) is 0 Å². The first-order valence-electron chi connectivity index (χ1n) is 4.35. The van der Waals surface area contributed by atoms with Gasteiger partial charge >= 0.3 is 29.6 Å². The number of fused-ring (bicyclic) bond motifs is 1. The van der Waals surface area contributed by atoms with E-state index in [9.17, 15) is 8.76 Å². The predicted octanol–water partition coefficient (Wildman–Crippen LogP) is -1.98. The Morgan fingerprint density at radius 2 is 2.43 bits per heavy atom. The Morgan fingerprint density at radius 1 is 1.71 bits per heavy atom. The van der Waals surface area contributed by atoms with Crippen LogP contribution in [0.1, 0.15) is 31.6 Å². The van der Waals surface area contributed by atoms with Crippen LogP contribution in [0.25, 0.3) is 0 Å². The van der Waals surface area contributed by atoms with E-state index in [-0.39, 0.29) is 34.6 Å². The van der Waals surface area contributed by atoms with Crippen molar-refractivity contribution >= 4 is 11.1 Å². The van der Waals surface area contributed by atoms with Gasteiger partial charge in [0.2, 0.25) is 0 Å². The molecule has 2 heterocycles. The van der Waals surface area contributed by atoms with E-state index in [1.54, 1.807) is 6.20 Å². The summed E-state index contributed by atoms with van der Waals surface area (Å²) in [6, 6.07) is 0.383. The fraction of sp³-hybridized carbons (Fsp3) is 0.625. The van der Waals surface area contributed by atoms with Crippen LogP contribution >= 0.6 is 0 Å². The Labute approximate surface area is 108 Å². The van der Waals surface area contributed by atoms with Gasteiger partial charge in [0.1, 0.15) is 10.9 Å². The summed E-state index contributed by atoms with van der Waals surface area (Å²) in [5, 5.41) is 0.170. The second kappa shape index (κ2) is 4.90. The molecule has 72 valence electrons. The molecule has 1 aromatic rings. The molecule has 0 aromatic carbocycles. The van der Waals surface area contributed by atoms with E-state index >= 15 is 0 Å². The van der Waals surface area contributed by atoms with E-state index in [1.807, 2.05) is 4.57 Å². The smallest absolute Gasteiger partial charge is 0.767 e. The molecule has 0 fully saturated rings. The zero-order chi connectivity index (χ0) is 9.42. The van der Waals surface area contributed by atoms with Crippen molar-refractivity contribution in [3.05, 3.63) is 12.0 Å². The second-order valence-corrected chi connectivity index (χ2v) is 4.27. The van der Waals surface area contributed by atoms with Crippen LogP contribution in [-0.4, -0.2) is 18.3 Å². The molecule has 6 heteroatoms. The molecule has 0 N–H and O–H groups in total. The molecule has 0 aliphatic carbocycles. The summed E-state index contributed by atoms with van der Waals surface area (Å²) in [5.74, 6) is 0.901. The maximum absolute atomic E-state index is 10.6. The molecular formula is C8H11N2NaO2S. The van der Waals surface area contributed by atoms with Gasteiger partial charge in [-0.15, -0.1) is 0 Å². The summed E-state index contributed by atoms with van der Waals surface area (Å²) < 4.78 is 23.3. The van der Waals surface area contributed by atoms with E-state index in [1.165, 1.54) is 0 Å². The van der Waals surface area contributed by atoms with Crippen molar-refractivity contribution in [1.82, 2.24) is 9.55 Å². The third-order valence-corrected chi connectivity index (χ3v) is 2.99. The van der Waals surface area contributed by atoms with Gasteiger partial charge in [-0.2, -0.15) is 0 Å². The predicted molar refractivity (Wildman–Crippen MR) is 47.1 cm³/mol. The molecule has 2 rings (SSSR count). The van der Waals surface area contributed by atoms with Crippen LogP contribution in [0.15, 0.2) is 11.2 Å². The van der Waals surface area contributed by atoms with E-state index < -0.39 is 11.1 Å². The minimum Gasteiger partial charge on any atom is -0.767 e. The number of hydrogen-bond acceptors (Lipinski definition) is 3. The van der Waals surface area contributed by atoms with Crippen molar-refractivity contribution in [3.8, 4) is 0 Å². The minimum absolute atomic E-state index is 0. The summed E-state index contributed by atoms with van der Waals surface area (Å²) in [6.45, 7) is 2.09. The van der Waals surface area contributed by atoms with Crippen LogP contribution in [-0.2, 0) is 17.5 Å². The van der Waals surface area contributed by atoms with Crippen LogP contribution < -0.4 is 29.6 Å². The van der Waals surface area contributed by atoms with Gasteiger partial charge in [-0.05, 0) is 30.8 Å². The summed E-state index contributed by atoms with van der Waals surface area (Å²) in [5.41, 5.74) is 0. The molecular weight excluding hydrogens is 211 g/mol. The fourth-order valence-corrected chi connectivity index (χ4v) is 2.13. The number of aryl methyl sites for hydroxylation is 1. The molecule has 0 saturated carbocycles. The maximum atomic E-state index is 10.6. The Hall–Kier alpha value is 0.320. The Kier molecular flexibility index (Phi) is 4.33. The number of nitrogens with zero attached hydrogens (tertiary/aromatic N) is 2. The standard InChI is InChI=1S/C8H12N2O2S.Na/c1-6-3-2-4-7-9-8(13(11)12)5-10(6)7;/h5-6H,2-4H2,1H3,(H,11,12);/q;+1/p-1. The van der Waals surface area contributed by atoms with Gasteiger partial charge in [0.25, 0.3) is 0 Å². The first-order valence-corrected chi connectivity index (χ1v) is 5.43. The molecule has 0 spiro atoms. The van der Waals surface area contributed by atoms with E-state index in [0.717, 1.165) is 25.1 Å². The SMILES string of the molecule is CC1CCCc2nc(S(=O)[O-])cn21.[Na+]. The van der Waals surface area contributed by atoms with Gasteiger partial charge in [0.05, 0.1) is 0 Å². The van der Waals surface area contributed by atoms with Crippen LogP contribution in [0.3, 0.4) is 0 Å². The molecule has 0 radical (unpaired) electrons. The largest absolute Gasteiger partial charge is 1.00 e. The van der Waals surface area contributed by atoms with Crippen molar-refractivity contribution in [2.75, 3.05) is 0 Å². The molecule has 1 aliphatic rings. The van der Waals surface area contributed by atoms with Gasteiger partial charge < -0.3 is 9.12 Å². The Balaban J connectivity index is 0.000000980. The summed E-state index contributed by atoms with van der Waals surface area (Å²) >= 11 is -2.19. The maximum Gasteiger partial charge on any atom is 1.00 e. The molecule has 1 aliphatic heterocycles. The van der Waals surface area contributed by atoms with Crippen molar-refractivity contribution in [3.63, 3.8) is 0 Å².